The fourth-order valence-corrected chi connectivity index (χ4v) is 4.84. The lowest BCUT2D eigenvalue weighted by atomic mass is 10.0. The van der Waals surface area contributed by atoms with E-state index in [1.807, 2.05) is 54.6 Å². The van der Waals surface area contributed by atoms with E-state index in [2.05, 4.69) is 10.0 Å². The average molecular weight is 545 g/mol. The Labute approximate surface area is 227 Å². The zero-order chi connectivity index (χ0) is 27.8. The minimum Gasteiger partial charge on any atom is -0.497 e. The van der Waals surface area contributed by atoms with Gasteiger partial charge >= 0.3 is 0 Å². The van der Waals surface area contributed by atoms with Gasteiger partial charge in [0.25, 0.3) is 15.9 Å². The number of methoxy groups -OCH3 is 3. The molecule has 0 heterocycles. The molecule has 0 spiro atoms. The largest absolute Gasteiger partial charge is 0.497 e. The zero-order valence-corrected chi connectivity index (χ0v) is 22.5. The van der Waals surface area contributed by atoms with Crippen LogP contribution in [0.4, 0.5) is 11.4 Å². The number of nitrogens with one attached hydrogen (secondary N) is 2. The normalized spacial score (nSPS) is 11.4. The first kappa shape index (κ1) is 27.3. The average Bonchev–Trinajstić information content (AvgIpc) is 2.96. The second-order valence-corrected chi connectivity index (χ2v) is 10.0. The number of carbonyl (C=O) groups excluding carboxylic acids is 1. The smallest absolute Gasteiger partial charge is 0.262 e. The number of amides is 1. The third kappa shape index (κ3) is 6.77. The van der Waals surface area contributed by atoms with Gasteiger partial charge in [0.15, 0.2) is 0 Å². The molecule has 4 aromatic rings. The molecule has 0 saturated heterocycles. The predicted octanol–water partition coefficient (Wildman–Crippen LogP) is 5.69. The molecule has 1 amide bonds. The van der Waals surface area contributed by atoms with Crippen LogP contribution in [-0.2, 0) is 14.8 Å². The Hall–Kier alpha value is -4.76. The molecule has 9 heteroatoms. The van der Waals surface area contributed by atoms with E-state index in [0.29, 0.717) is 28.5 Å². The number of anilines is 2. The Bertz CT molecular complexity index is 1570. The van der Waals surface area contributed by atoms with Crippen LogP contribution in [0.1, 0.15) is 11.1 Å². The first-order chi connectivity index (χ1) is 18.8. The molecule has 200 valence electrons. The Balaban J connectivity index is 1.56. The van der Waals surface area contributed by atoms with E-state index >= 15 is 0 Å². The first-order valence-electron chi connectivity index (χ1n) is 11.9. The molecular weight excluding hydrogens is 516 g/mol. The Kier molecular flexibility index (Phi) is 8.53. The molecule has 0 aliphatic heterocycles. The third-order valence-electron chi connectivity index (χ3n) is 5.83. The number of hydrogen-bond donors (Lipinski definition) is 2. The lowest BCUT2D eigenvalue weighted by Crippen LogP contribution is -2.15. The summed E-state index contributed by atoms with van der Waals surface area (Å²) in [5, 5.41) is 2.86. The Morgan fingerprint density at radius 3 is 2.00 bits per heavy atom. The minimum atomic E-state index is -3.94. The summed E-state index contributed by atoms with van der Waals surface area (Å²) in [5.74, 6) is 1.20. The molecule has 0 aliphatic rings. The van der Waals surface area contributed by atoms with Crippen molar-refractivity contribution in [2.75, 3.05) is 31.4 Å². The van der Waals surface area contributed by atoms with Crippen molar-refractivity contribution in [2.24, 2.45) is 0 Å². The van der Waals surface area contributed by atoms with E-state index in [4.69, 9.17) is 14.2 Å². The molecule has 0 unspecified atom stereocenters. The number of hydrogen-bond acceptors (Lipinski definition) is 6. The van der Waals surface area contributed by atoms with Crippen LogP contribution in [0.15, 0.2) is 102 Å². The van der Waals surface area contributed by atoms with Gasteiger partial charge in [-0.05, 0) is 65.7 Å². The molecule has 0 fully saturated rings. The highest BCUT2D eigenvalue weighted by Crippen LogP contribution is 2.31. The number of carbonyl (C=O) groups is 1. The topological polar surface area (TPSA) is 103 Å². The SMILES string of the molecule is COc1ccc(C=C(C(=O)Nc2ccc(S(=O)(=O)Nc3cc(OC)ccc3OC)cc2)c2ccccc2)cc1. The van der Waals surface area contributed by atoms with Gasteiger partial charge in [-0.25, -0.2) is 8.42 Å². The van der Waals surface area contributed by atoms with E-state index in [1.54, 1.807) is 25.3 Å². The van der Waals surface area contributed by atoms with Gasteiger partial charge < -0.3 is 19.5 Å². The van der Waals surface area contributed by atoms with Gasteiger partial charge in [0, 0.05) is 17.3 Å². The van der Waals surface area contributed by atoms with Gasteiger partial charge in [-0.1, -0.05) is 42.5 Å². The van der Waals surface area contributed by atoms with Crippen LogP contribution in [-0.4, -0.2) is 35.7 Å². The fraction of sp³-hybridized carbons (Fsp3) is 0.100. The van der Waals surface area contributed by atoms with Gasteiger partial charge in [0.2, 0.25) is 0 Å². The lowest BCUT2D eigenvalue weighted by molar-refractivity contribution is -0.111. The summed E-state index contributed by atoms with van der Waals surface area (Å²) in [5.41, 5.74) is 2.69. The number of sulfonamides is 1. The maximum absolute atomic E-state index is 13.3. The van der Waals surface area contributed by atoms with Gasteiger partial charge in [-0.2, -0.15) is 0 Å². The molecule has 2 N–H and O–H groups in total. The van der Waals surface area contributed by atoms with Crippen molar-refractivity contribution in [3.8, 4) is 17.2 Å². The van der Waals surface area contributed by atoms with Gasteiger partial charge in [0.05, 0.1) is 31.9 Å². The molecule has 0 saturated carbocycles. The van der Waals surface area contributed by atoms with Crippen LogP contribution in [0.2, 0.25) is 0 Å². The first-order valence-corrected chi connectivity index (χ1v) is 13.4. The summed E-state index contributed by atoms with van der Waals surface area (Å²) in [6.45, 7) is 0. The summed E-state index contributed by atoms with van der Waals surface area (Å²) in [4.78, 5) is 13.4. The Morgan fingerprint density at radius 2 is 1.38 bits per heavy atom. The maximum atomic E-state index is 13.3. The number of ether oxygens (including phenoxy) is 3. The molecule has 4 aromatic carbocycles. The summed E-state index contributed by atoms with van der Waals surface area (Å²) < 4.78 is 44.3. The predicted molar refractivity (Wildman–Crippen MR) is 153 cm³/mol. The van der Waals surface area contributed by atoms with Crippen LogP contribution >= 0.6 is 0 Å². The Morgan fingerprint density at radius 1 is 0.744 bits per heavy atom. The van der Waals surface area contributed by atoms with Crippen molar-refractivity contribution >= 4 is 39.0 Å². The van der Waals surface area contributed by atoms with E-state index < -0.39 is 10.0 Å². The second kappa shape index (κ2) is 12.2. The zero-order valence-electron chi connectivity index (χ0n) is 21.7. The van der Waals surface area contributed by atoms with Crippen molar-refractivity contribution in [3.05, 3.63) is 108 Å². The molecule has 0 aromatic heterocycles. The molecule has 4 rings (SSSR count). The third-order valence-corrected chi connectivity index (χ3v) is 7.21. The second-order valence-electron chi connectivity index (χ2n) is 8.35. The summed E-state index contributed by atoms with van der Waals surface area (Å²) in [6.07, 6.45) is 1.79. The lowest BCUT2D eigenvalue weighted by Gasteiger charge is -2.14. The summed E-state index contributed by atoms with van der Waals surface area (Å²) >= 11 is 0. The summed E-state index contributed by atoms with van der Waals surface area (Å²) in [7, 11) is 0.588. The van der Waals surface area contributed by atoms with Crippen LogP contribution in [0.3, 0.4) is 0 Å². The highest BCUT2D eigenvalue weighted by Gasteiger charge is 2.18. The molecule has 0 aliphatic carbocycles. The van der Waals surface area contributed by atoms with Gasteiger partial charge in [0.1, 0.15) is 17.2 Å². The standard InChI is InChI=1S/C30H28N2O6S/c1-36-24-13-9-21(10-14-24)19-27(22-7-5-4-6-8-22)30(33)31-23-11-16-26(17-12-23)39(34,35)32-28-20-25(37-2)15-18-29(28)38-3/h4-20,32H,1-3H3,(H,31,33). The van der Waals surface area contributed by atoms with Crippen molar-refractivity contribution in [1.82, 2.24) is 0 Å². The van der Waals surface area contributed by atoms with Crippen molar-refractivity contribution < 1.29 is 27.4 Å². The molecule has 0 bridgehead atoms. The quantitative estimate of drug-likeness (QED) is 0.196. The highest BCUT2D eigenvalue weighted by molar-refractivity contribution is 7.92. The van der Waals surface area contributed by atoms with Gasteiger partial charge in [-0.3, -0.25) is 9.52 Å². The van der Waals surface area contributed by atoms with Gasteiger partial charge in [-0.15, -0.1) is 0 Å². The van der Waals surface area contributed by atoms with Crippen LogP contribution in [0.25, 0.3) is 11.6 Å². The van der Waals surface area contributed by atoms with Crippen LogP contribution in [0.5, 0.6) is 17.2 Å². The van der Waals surface area contributed by atoms with Crippen LogP contribution in [0, 0.1) is 0 Å². The molecule has 0 radical (unpaired) electrons. The van der Waals surface area contributed by atoms with Crippen LogP contribution < -0.4 is 24.2 Å². The number of rotatable bonds is 10. The molecular formula is C30H28N2O6S. The molecule has 0 atom stereocenters. The van der Waals surface area contributed by atoms with E-state index in [9.17, 15) is 13.2 Å². The monoisotopic (exact) mass is 544 g/mol. The van der Waals surface area contributed by atoms with E-state index in [1.165, 1.54) is 44.6 Å². The van der Waals surface area contributed by atoms with E-state index in [-0.39, 0.29) is 16.5 Å². The number of benzene rings is 4. The maximum Gasteiger partial charge on any atom is 0.262 e. The highest BCUT2D eigenvalue weighted by atomic mass is 32.2. The molecule has 8 nitrogen and oxygen atoms in total. The fourth-order valence-electron chi connectivity index (χ4n) is 3.78. The minimum absolute atomic E-state index is 0.0161. The van der Waals surface area contributed by atoms with Crippen molar-refractivity contribution in [2.45, 2.75) is 4.90 Å². The molecule has 39 heavy (non-hydrogen) atoms. The van der Waals surface area contributed by atoms with E-state index in [0.717, 1.165) is 11.1 Å². The summed E-state index contributed by atoms with van der Waals surface area (Å²) in [6, 6.07) is 27.4. The van der Waals surface area contributed by atoms with Crippen molar-refractivity contribution in [1.29, 1.82) is 0 Å². The van der Waals surface area contributed by atoms with Crippen molar-refractivity contribution in [3.63, 3.8) is 0 Å².